The Bertz CT molecular complexity index is 701. The van der Waals surface area contributed by atoms with Crippen LogP contribution in [0, 0.1) is 0 Å². The van der Waals surface area contributed by atoms with Crippen LogP contribution in [0.1, 0.15) is 30.7 Å². The first-order chi connectivity index (χ1) is 12.2. The highest BCUT2D eigenvalue weighted by molar-refractivity contribution is 7.18. The summed E-state index contributed by atoms with van der Waals surface area (Å²) < 4.78 is 1.21. The van der Waals surface area contributed by atoms with Crippen LogP contribution in [-0.2, 0) is 11.3 Å². The van der Waals surface area contributed by atoms with Crippen LogP contribution in [0.15, 0.2) is 24.3 Å². The van der Waals surface area contributed by atoms with E-state index in [1.165, 1.54) is 17.5 Å². The summed E-state index contributed by atoms with van der Waals surface area (Å²) in [4.78, 5) is 21.6. The lowest BCUT2D eigenvalue weighted by atomic mass is 10.0. The van der Waals surface area contributed by atoms with Crippen molar-refractivity contribution in [2.24, 2.45) is 0 Å². The molecule has 0 bridgehead atoms. The van der Waals surface area contributed by atoms with E-state index in [9.17, 15) is 4.79 Å². The number of para-hydroxylation sites is 1. The molecular weight excluding hydrogens is 332 g/mol. The van der Waals surface area contributed by atoms with Gasteiger partial charge in [0, 0.05) is 25.2 Å². The van der Waals surface area contributed by atoms with E-state index in [4.69, 9.17) is 0 Å². The number of carbonyl (C=O) groups is 1. The van der Waals surface area contributed by atoms with E-state index in [0.717, 1.165) is 42.5 Å². The molecule has 0 unspecified atom stereocenters. The molecular formula is C19H26N4OS. The summed E-state index contributed by atoms with van der Waals surface area (Å²) in [5, 5.41) is 4.28. The lowest BCUT2D eigenvalue weighted by Gasteiger charge is -2.32. The van der Waals surface area contributed by atoms with Crippen molar-refractivity contribution < 1.29 is 4.79 Å². The van der Waals surface area contributed by atoms with Gasteiger partial charge in [0.2, 0.25) is 5.91 Å². The molecule has 4 rings (SSSR count). The number of thiazole rings is 1. The number of rotatable bonds is 6. The summed E-state index contributed by atoms with van der Waals surface area (Å²) in [5.41, 5.74) is 1.04. The number of nitrogens with one attached hydrogen (secondary N) is 1. The highest BCUT2D eigenvalue weighted by Gasteiger charge is 2.32. The third-order valence-electron chi connectivity index (χ3n) is 5.11. The lowest BCUT2D eigenvalue weighted by molar-refractivity contribution is -0.123. The summed E-state index contributed by atoms with van der Waals surface area (Å²) in [6.07, 6.45) is 4.91. The number of likely N-dealkylation sites (tertiary alicyclic amines) is 1. The number of hydrogen-bond donors (Lipinski definition) is 1. The van der Waals surface area contributed by atoms with Crippen LogP contribution in [0.2, 0.25) is 0 Å². The van der Waals surface area contributed by atoms with E-state index in [1.807, 2.05) is 30.1 Å². The SMILES string of the molecule is CN(CC(=O)NC1CCN(C2CC2)CC1)Cc1nc2ccccc2s1. The number of carbonyl (C=O) groups excluding carboxylic acids is 1. The Kier molecular flexibility index (Phi) is 5.01. The molecule has 1 aromatic heterocycles. The van der Waals surface area contributed by atoms with Gasteiger partial charge in [0.25, 0.3) is 0 Å². The third kappa shape index (κ3) is 4.37. The second-order valence-electron chi connectivity index (χ2n) is 7.36. The van der Waals surface area contributed by atoms with Gasteiger partial charge in [0.15, 0.2) is 0 Å². The molecule has 0 radical (unpaired) electrons. The van der Waals surface area contributed by atoms with Crippen LogP contribution in [0.5, 0.6) is 0 Å². The largest absolute Gasteiger partial charge is 0.352 e. The first-order valence-electron chi connectivity index (χ1n) is 9.24. The zero-order valence-electron chi connectivity index (χ0n) is 14.8. The maximum Gasteiger partial charge on any atom is 0.234 e. The van der Waals surface area contributed by atoms with Gasteiger partial charge in [-0.3, -0.25) is 9.69 Å². The van der Waals surface area contributed by atoms with Crippen molar-refractivity contribution in [3.8, 4) is 0 Å². The van der Waals surface area contributed by atoms with Crippen LogP contribution >= 0.6 is 11.3 Å². The molecule has 1 amide bonds. The van der Waals surface area contributed by atoms with Gasteiger partial charge in [0.05, 0.1) is 23.3 Å². The van der Waals surface area contributed by atoms with Crippen LogP contribution in [0.25, 0.3) is 10.2 Å². The van der Waals surface area contributed by atoms with Gasteiger partial charge in [-0.25, -0.2) is 4.98 Å². The molecule has 2 aliphatic rings. The normalized spacial score (nSPS) is 19.6. The zero-order chi connectivity index (χ0) is 17.2. The molecule has 6 heteroatoms. The van der Waals surface area contributed by atoms with Crippen LogP contribution in [0.3, 0.4) is 0 Å². The predicted molar refractivity (Wildman–Crippen MR) is 102 cm³/mol. The fourth-order valence-electron chi connectivity index (χ4n) is 3.64. The van der Waals surface area contributed by atoms with E-state index in [1.54, 1.807) is 11.3 Å². The zero-order valence-corrected chi connectivity index (χ0v) is 15.6. The summed E-state index contributed by atoms with van der Waals surface area (Å²) in [6, 6.07) is 9.37. The topological polar surface area (TPSA) is 48.5 Å². The third-order valence-corrected chi connectivity index (χ3v) is 6.14. The van der Waals surface area contributed by atoms with Gasteiger partial charge < -0.3 is 10.2 Å². The van der Waals surface area contributed by atoms with Gasteiger partial charge >= 0.3 is 0 Å². The molecule has 0 spiro atoms. The second-order valence-corrected chi connectivity index (χ2v) is 8.47. The molecule has 2 fully saturated rings. The minimum absolute atomic E-state index is 0.133. The molecule has 2 heterocycles. The summed E-state index contributed by atoms with van der Waals surface area (Å²) in [5.74, 6) is 0.133. The molecule has 1 aliphatic carbocycles. The summed E-state index contributed by atoms with van der Waals surface area (Å²) in [7, 11) is 1.99. The smallest absolute Gasteiger partial charge is 0.234 e. The quantitative estimate of drug-likeness (QED) is 0.862. The van der Waals surface area contributed by atoms with Crippen molar-refractivity contribution in [2.45, 2.75) is 44.3 Å². The Morgan fingerprint density at radius 2 is 2.04 bits per heavy atom. The first-order valence-corrected chi connectivity index (χ1v) is 10.1. The molecule has 0 atom stereocenters. The highest BCUT2D eigenvalue weighted by atomic mass is 32.1. The number of nitrogens with zero attached hydrogens (tertiary/aromatic N) is 3. The van der Waals surface area contributed by atoms with E-state index in [0.29, 0.717) is 19.1 Å². The molecule has 1 saturated carbocycles. The molecule has 134 valence electrons. The van der Waals surface area contributed by atoms with E-state index in [2.05, 4.69) is 21.3 Å². The minimum atomic E-state index is 0.133. The fraction of sp³-hybridized carbons (Fsp3) is 0.579. The number of amides is 1. The molecule has 5 nitrogen and oxygen atoms in total. The number of fused-ring (bicyclic) bond motifs is 1. The van der Waals surface area contributed by atoms with Crippen molar-refractivity contribution in [1.29, 1.82) is 0 Å². The summed E-state index contributed by atoms with van der Waals surface area (Å²) in [6.45, 7) is 3.42. The highest BCUT2D eigenvalue weighted by Crippen LogP contribution is 2.29. The minimum Gasteiger partial charge on any atom is -0.352 e. The van der Waals surface area contributed by atoms with Gasteiger partial charge in [-0.05, 0) is 44.9 Å². The van der Waals surface area contributed by atoms with Crippen molar-refractivity contribution in [2.75, 3.05) is 26.7 Å². The van der Waals surface area contributed by atoms with E-state index >= 15 is 0 Å². The predicted octanol–water partition coefficient (Wildman–Crippen LogP) is 2.47. The monoisotopic (exact) mass is 358 g/mol. The maximum absolute atomic E-state index is 12.3. The van der Waals surface area contributed by atoms with E-state index < -0.39 is 0 Å². The molecule has 1 saturated heterocycles. The molecule has 1 N–H and O–H groups in total. The maximum atomic E-state index is 12.3. The number of hydrogen-bond acceptors (Lipinski definition) is 5. The molecule has 1 aliphatic heterocycles. The van der Waals surface area contributed by atoms with Crippen molar-refractivity contribution in [1.82, 2.24) is 20.1 Å². The van der Waals surface area contributed by atoms with Crippen molar-refractivity contribution in [3.05, 3.63) is 29.3 Å². The molecule has 1 aromatic carbocycles. The van der Waals surface area contributed by atoms with Crippen LogP contribution < -0.4 is 5.32 Å². The summed E-state index contributed by atoms with van der Waals surface area (Å²) >= 11 is 1.71. The Morgan fingerprint density at radius 1 is 1.28 bits per heavy atom. The Morgan fingerprint density at radius 3 is 2.76 bits per heavy atom. The standard InChI is InChI=1S/C19H26N4OS/c1-22(13-19-21-16-4-2-3-5-17(16)25-19)12-18(24)20-14-8-10-23(11-9-14)15-6-7-15/h2-5,14-15H,6-13H2,1H3,(H,20,24). The van der Waals surface area contributed by atoms with E-state index in [-0.39, 0.29) is 5.91 Å². The average Bonchev–Trinajstić information content (AvgIpc) is 3.35. The van der Waals surface area contributed by atoms with Gasteiger partial charge in [-0.1, -0.05) is 12.1 Å². The van der Waals surface area contributed by atoms with Crippen molar-refractivity contribution in [3.63, 3.8) is 0 Å². The number of likely N-dealkylation sites (N-methyl/N-ethyl adjacent to an activating group) is 1. The first kappa shape index (κ1) is 16.9. The number of benzene rings is 1. The number of piperidine rings is 1. The molecule has 25 heavy (non-hydrogen) atoms. The Hall–Kier alpha value is -1.50. The Balaban J connectivity index is 1.23. The number of aromatic nitrogens is 1. The van der Waals surface area contributed by atoms with Gasteiger partial charge in [-0.15, -0.1) is 11.3 Å². The fourth-order valence-corrected chi connectivity index (χ4v) is 4.69. The van der Waals surface area contributed by atoms with Crippen molar-refractivity contribution >= 4 is 27.5 Å². The van der Waals surface area contributed by atoms with Crippen LogP contribution in [-0.4, -0.2) is 59.5 Å². The second kappa shape index (κ2) is 7.40. The van der Waals surface area contributed by atoms with Gasteiger partial charge in [-0.2, -0.15) is 0 Å². The van der Waals surface area contributed by atoms with Crippen LogP contribution in [0.4, 0.5) is 0 Å². The average molecular weight is 359 g/mol. The lowest BCUT2D eigenvalue weighted by Crippen LogP contribution is -2.47. The molecule has 2 aromatic rings. The Labute approximate surface area is 153 Å². The van der Waals surface area contributed by atoms with Gasteiger partial charge in [0.1, 0.15) is 5.01 Å².